The van der Waals surface area contributed by atoms with Crippen LogP contribution in [-0.2, 0) is 0 Å². The minimum absolute atomic E-state index is 0.616. The lowest BCUT2D eigenvalue weighted by atomic mass is 10.0. The van der Waals surface area contributed by atoms with Gasteiger partial charge in [0.15, 0.2) is 5.58 Å². The van der Waals surface area contributed by atoms with E-state index in [4.69, 9.17) is 14.4 Å². The summed E-state index contributed by atoms with van der Waals surface area (Å²) in [6.07, 6.45) is 0. The van der Waals surface area contributed by atoms with Gasteiger partial charge in [-0.1, -0.05) is 78.9 Å². The number of oxazole rings is 1. The van der Waals surface area contributed by atoms with Crippen molar-refractivity contribution in [3.05, 3.63) is 158 Å². The fourth-order valence-corrected chi connectivity index (χ4v) is 7.02. The standard InChI is InChI=1S/C42H26N4O/c1-3-12-27(13-4-1)42-44-35-23-22-28(26-40(35)47-42)33-17-11-18-34(43-33)29-24-32-31-16-7-8-19-36(31)46-38-21-10-9-20-37(38)45(39(25-29)41(32)46)30-14-5-2-6-15-30/h1-26H. The van der Waals surface area contributed by atoms with E-state index in [2.05, 4.69) is 125 Å². The highest BCUT2D eigenvalue weighted by Crippen LogP contribution is 2.50. The molecule has 0 saturated carbocycles. The second-order valence-electron chi connectivity index (χ2n) is 11.9. The number of fused-ring (bicyclic) bond motifs is 6. The molecule has 0 bridgehead atoms. The predicted molar refractivity (Wildman–Crippen MR) is 191 cm³/mol. The van der Waals surface area contributed by atoms with Crippen LogP contribution in [-0.4, -0.2) is 14.5 Å². The maximum atomic E-state index is 6.20. The van der Waals surface area contributed by atoms with Crippen molar-refractivity contribution in [3.8, 4) is 39.7 Å². The van der Waals surface area contributed by atoms with Crippen LogP contribution in [0, 0.1) is 0 Å². The lowest BCUT2D eigenvalue weighted by molar-refractivity contribution is 0.620. The summed E-state index contributed by atoms with van der Waals surface area (Å²) < 4.78 is 8.61. The van der Waals surface area contributed by atoms with Crippen molar-refractivity contribution >= 4 is 50.0 Å². The van der Waals surface area contributed by atoms with Gasteiger partial charge in [-0.15, -0.1) is 0 Å². The third kappa shape index (κ3) is 3.97. The molecular weight excluding hydrogens is 576 g/mol. The monoisotopic (exact) mass is 602 g/mol. The third-order valence-corrected chi connectivity index (χ3v) is 9.12. The highest BCUT2D eigenvalue weighted by molar-refractivity contribution is 6.17. The van der Waals surface area contributed by atoms with Crippen molar-refractivity contribution in [2.45, 2.75) is 0 Å². The minimum Gasteiger partial charge on any atom is -0.436 e. The third-order valence-electron chi connectivity index (χ3n) is 9.12. The Kier molecular flexibility index (Phi) is 5.51. The topological polar surface area (TPSA) is 47.1 Å². The van der Waals surface area contributed by atoms with Gasteiger partial charge in [-0.3, -0.25) is 0 Å². The van der Waals surface area contributed by atoms with Crippen LogP contribution in [0.2, 0.25) is 0 Å². The van der Waals surface area contributed by atoms with Crippen LogP contribution in [0.15, 0.2) is 162 Å². The second kappa shape index (κ2) is 10.0. The molecule has 0 unspecified atom stereocenters. The largest absolute Gasteiger partial charge is 0.436 e. The van der Waals surface area contributed by atoms with Crippen molar-refractivity contribution in [1.82, 2.24) is 14.5 Å². The van der Waals surface area contributed by atoms with Crippen LogP contribution in [0.4, 0.5) is 17.1 Å². The molecule has 10 rings (SSSR count). The molecular formula is C42H26N4O. The summed E-state index contributed by atoms with van der Waals surface area (Å²) in [6.45, 7) is 0. The van der Waals surface area contributed by atoms with Gasteiger partial charge >= 0.3 is 0 Å². The van der Waals surface area contributed by atoms with E-state index in [-0.39, 0.29) is 0 Å². The van der Waals surface area contributed by atoms with Gasteiger partial charge in [-0.25, -0.2) is 9.97 Å². The lowest BCUT2D eigenvalue weighted by Crippen LogP contribution is -2.18. The molecule has 0 amide bonds. The Morgan fingerprint density at radius 2 is 1.19 bits per heavy atom. The predicted octanol–water partition coefficient (Wildman–Crippen LogP) is 11.1. The Hall–Kier alpha value is -6.46. The van der Waals surface area contributed by atoms with Crippen molar-refractivity contribution in [3.63, 3.8) is 0 Å². The van der Waals surface area contributed by atoms with E-state index in [0.717, 1.165) is 56.2 Å². The molecule has 0 fully saturated rings. The summed E-state index contributed by atoms with van der Waals surface area (Å²) in [5.41, 5.74) is 13.3. The molecule has 0 radical (unpaired) electrons. The maximum Gasteiger partial charge on any atom is 0.227 e. The summed E-state index contributed by atoms with van der Waals surface area (Å²) in [7, 11) is 0. The Morgan fingerprint density at radius 1 is 0.468 bits per heavy atom. The van der Waals surface area contributed by atoms with Gasteiger partial charge in [-0.05, 0) is 78.9 Å². The van der Waals surface area contributed by atoms with E-state index < -0.39 is 0 Å². The molecule has 9 aromatic rings. The Labute approximate surface area is 270 Å². The molecule has 6 aromatic carbocycles. The Balaban J connectivity index is 1.16. The first-order valence-electron chi connectivity index (χ1n) is 15.8. The Bertz CT molecular complexity index is 2640. The zero-order valence-electron chi connectivity index (χ0n) is 25.2. The normalized spacial score (nSPS) is 12.2. The molecule has 5 heteroatoms. The molecule has 47 heavy (non-hydrogen) atoms. The zero-order valence-corrected chi connectivity index (χ0v) is 25.2. The number of aromatic nitrogens is 3. The molecule has 0 atom stereocenters. The van der Waals surface area contributed by atoms with Crippen molar-refractivity contribution in [1.29, 1.82) is 0 Å². The molecule has 0 spiro atoms. The van der Waals surface area contributed by atoms with Crippen LogP contribution in [0.25, 0.3) is 72.6 Å². The highest BCUT2D eigenvalue weighted by atomic mass is 16.3. The van der Waals surface area contributed by atoms with Crippen LogP contribution in [0.5, 0.6) is 0 Å². The van der Waals surface area contributed by atoms with Gasteiger partial charge in [0.05, 0.1) is 39.5 Å². The summed E-state index contributed by atoms with van der Waals surface area (Å²) in [6, 6.07) is 54.9. The van der Waals surface area contributed by atoms with E-state index >= 15 is 0 Å². The maximum absolute atomic E-state index is 6.20. The minimum atomic E-state index is 0.616. The average Bonchev–Trinajstić information content (AvgIpc) is 3.73. The van der Waals surface area contributed by atoms with Gasteiger partial charge in [0.25, 0.3) is 0 Å². The first-order valence-corrected chi connectivity index (χ1v) is 15.8. The SMILES string of the molecule is c1ccc(-c2nc3ccc(-c4cccc(-c5cc6c7c(c5)c5ccccc5n7-c5ccccc5N6c5ccccc5)n4)cc3o2)cc1. The molecule has 4 heterocycles. The Morgan fingerprint density at radius 3 is 2.04 bits per heavy atom. The molecule has 1 aliphatic rings. The lowest BCUT2D eigenvalue weighted by Gasteiger charge is -2.33. The summed E-state index contributed by atoms with van der Waals surface area (Å²) in [5, 5.41) is 2.42. The fraction of sp³-hybridized carbons (Fsp3) is 0. The first-order chi connectivity index (χ1) is 23.3. The highest BCUT2D eigenvalue weighted by Gasteiger charge is 2.29. The number of anilines is 3. The quantitative estimate of drug-likeness (QED) is 0.201. The van der Waals surface area contributed by atoms with Crippen molar-refractivity contribution in [2.24, 2.45) is 0 Å². The van der Waals surface area contributed by atoms with E-state index in [9.17, 15) is 0 Å². The molecule has 5 nitrogen and oxygen atoms in total. The van der Waals surface area contributed by atoms with E-state index in [1.165, 1.54) is 27.5 Å². The van der Waals surface area contributed by atoms with Crippen molar-refractivity contribution in [2.75, 3.05) is 4.90 Å². The molecule has 1 aliphatic heterocycles. The van der Waals surface area contributed by atoms with Gasteiger partial charge in [0.2, 0.25) is 5.89 Å². The number of nitrogens with zero attached hydrogens (tertiary/aromatic N) is 4. The van der Waals surface area contributed by atoms with E-state index in [0.29, 0.717) is 5.89 Å². The summed E-state index contributed by atoms with van der Waals surface area (Å²) >= 11 is 0. The van der Waals surface area contributed by atoms with Crippen LogP contribution < -0.4 is 4.90 Å². The number of pyridine rings is 1. The summed E-state index contributed by atoms with van der Waals surface area (Å²) in [5.74, 6) is 0.616. The second-order valence-corrected chi connectivity index (χ2v) is 11.9. The van der Waals surface area contributed by atoms with Gasteiger partial charge < -0.3 is 13.9 Å². The molecule has 0 N–H and O–H groups in total. The molecule has 0 aliphatic carbocycles. The van der Waals surface area contributed by atoms with Gasteiger partial charge in [-0.2, -0.15) is 0 Å². The van der Waals surface area contributed by atoms with Crippen LogP contribution in [0.1, 0.15) is 0 Å². The van der Waals surface area contributed by atoms with Gasteiger partial charge in [0, 0.05) is 33.2 Å². The number of benzene rings is 6. The van der Waals surface area contributed by atoms with Crippen LogP contribution >= 0.6 is 0 Å². The molecule has 3 aromatic heterocycles. The van der Waals surface area contributed by atoms with E-state index in [1.807, 2.05) is 42.5 Å². The number of hydrogen-bond donors (Lipinski definition) is 0. The van der Waals surface area contributed by atoms with Crippen LogP contribution in [0.3, 0.4) is 0 Å². The van der Waals surface area contributed by atoms with E-state index in [1.54, 1.807) is 0 Å². The molecule has 0 saturated heterocycles. The van der Waals surface area contributed by atoms with Gasteiger partial charge in [0.1, 0.15) is 5.52 Å². The smallest absolute Gasteiger partial charge is 0.227 e. The molecule has 220 valence electrons. The zero-order chi connectivity index (χ0) is 30.9. The number of para-hydroxylation sites is 4. The fourth-order valence-electron chi connectivity index (χ4n) is 7.02. The average molecular weight is 603 g/mol. The first kappa shape index (κ1) is 25.8. The summed E-state index contributed by atoms with van der Waals surface area (Å²) in [4.78, 5) is 12.3. The number of hydrogen-bond acceptors (Lipinski definition) is 4. The van der Waals surface area contributed by atoms with Crippen molar-refractivity contribution < 1.29 is 4.42 Å². The number of rotatable bonds is 4.